The quantitative estimate of drug-likeness (QED) is 0.730. The minimum Gasteiger partial charge on any atom is -0.385 e. The molecule has 1 fully saturated rings. The summed E-state index contributed by atoms with van der Waals surface area (Å²) in [5.41, 5.74) is 1.48. The van der Waals surface area contributed by atoms with Crippen molar-refractivity contribution >= 4 is 22.6 Å². The second-order valence-corrected chi connectivity index (χ2v) is 7.68. The fraction of sp³-hybridized carbons (Fsp3) is 0.368. The van der Waals surface area contributed by atoms with Gasteiger partial charge < -0.3 is 10.2 Å². The molecule has 0 atom stereocenters. The van der Waals surface area contributed by atoms with Crippen molar-refractivity contribution in [2.24, 2.45) is 0 Å². The molecule has 2 N–H and O–H groups in total. The van der Waals surface area contributed by atoms with Gasteiger partial charge >= 0.3 is 0 Å². The number of hydrogen-bond acceptors (Lipinski definition) is 2. The minimum atomic E-state index is -0.818. The highest BCUT2D eigenvalue weighted by Crippen LogP contribution is 2.45. The molecule has 0 bridgehead atoms. The van der Waals surface area contributed by atoms with Gasteiger partial charge in [0, 0.05) is 3.57 Å². The Balaban J connectivity index is 1.79. The van der Waals surface area contributed by atoms with Crippen molar-refractivity contribution in [2.45, 2.75) is 43.8 Å². The van der Waals surface area contributed by atoms with Gasteiger partial charge in [0.25, 0.3) is 0 Å². The molecule has 22 heavy (non-hydrogen) atoms. The summed E-state index contributed by atoms with van der Waals surface area (Å²) in [6.07, 6.45) is 2.33. The molecule has 3 heteroatoms. The highest BCUT2D eigenvalue weighted by atomic mass is 127. The maximum absolute atomic E-state index is 10.9. The number of hydrogen-bond donors (Lipinski definition) is 2. The lowest BCUT2D eigenvalue weighted by atomic mass is 9.70. The average molecular weight is 408 g/mol. The Morgan fingerprint density at radius 1 is 0.727 bits per heavy atom. The Kier molecular flexibility index (Phi) is 4.32. The maximum atomic E-state index is 10.9. The van der Waals surface area contributed by atoms with Gasteiger partial charge in [-0.3, -0.25) is 0 Å². The van der Waals surface area contributed by atoms with Crippen LogP contribution < -0.4 is 0 Å². The van der Waals surface area contributed by atoms with Crippen LogP contribution in [0.5, 0.6) is 0 Å². The summed E-state index contributed by atoms with van der Waals surface area (Å²) in [4.78, 5) is 0. The largest absolute Gasteiger partial charge is 0.385 e. The predicted octanol–water partition coefficient (Wildman–Crippen LogP) is 4.25. The lowest BCUT2D eigenvalue weighted by molar-refractivity contribution is -0.0883. The second-order valence-electron chi connectivity index (χ2n) is 6.44. The van der Waals surface area contributed by atoms with Gasteiger partial charge in [0.05, 0.1) is 11.2 Å². The summed E-state index contributed by atoms with van der Waals surface area (Å²) in [7, 11) is 0. The Morgan fingerprint density at radius 2 is 1.09 bits per heavy atom. The predicted molar refractivity (Wildman–Crippen MR) is 96.6 cm³/mol. The lowest BCUT2D eigenvalue weighted by Crippen LogP contribution is -2.39. The van der Waals surface area contributed by atoms with E-state index in [0.29, 0.717) is 25.7 Å². The van der Waals surface area contributed by atoms with Gasteiger partial charge in [0.2, 0.25) is 0 Å². The van der Waals surface area contributed by atoms with E-state index in [-0.39, 0.29) is 0 Å². The van der Waals surface area contributed by atoms with Crippen molar-refractivity contribution in [1.29, 1.82) is 0 Å². The highest BCUT2D eigenvalue weighted by molar-refractivity contribution is 14.1. The molecule has 0 aliphatic heterocycles. The van der Waals surface area contributed by atoms with Crippen LogP contribution in [0.15, 0.2) is 48.5 Å². The monoisotopic (exact) mass is 408 g/mol. The number of benzene rings is 2. The summed E-state index contributed by atoms with van der Waals surface area (Å²) >= 11 is 2.27. The van der Waals surface area contributed by atoms with Gasteiger partial charge in [0.15, 0.2) is 0 Å². The van der Waals surface area contributed by atoms with Crippen LogP contribution in [0.1, 0.15) is 42.4 Å². The molecule has 1 aliphatic carbocycles. The molecule has 0 heterocycles. The van der Waals surface area contributed by atoms with Gasteiger partial charge in [-0.05, 0) is 78.5 Å². The lowest BCUT2D eigenvalue weighted by Gasteiger charge is -2.41. The standard InChI is InChI=1S/C19H21IO2/c1-14-2-4-15(5-3-14)18(21)10-12-19(22,13-11-18)16-6-8-17(20)9-7-16/h2-9,21-22H,10-13H2,1H3. The van der Waals surface area contributed by atoms with Crippen LogP contribution in [0.25, 0.3) is 0 Å². The van der Waals surface area contributed by atoms with Gasteiger partial charge in [-0.25, -0.2) is 0 Å². The number of halogens is 1. The molecule has 2 nitrogen and oxygen atoms in total. The van der Waals surface area contributed by atoms with E-state index in [1.807, 2.05) is 55.5 Å². The molecule has 0 unspecified atom stereocenters. The average Bonchev–Trinajstić information content (AvgIpc) is 2.52. The van der Waals surface area contributed by atoms with Crippen LogP contribution in [0.3, 0.4) is 0 Å². The molecule has 0 spiro atoms. The van der Waals surface area contributed by atoms with E-state index in [4.69, 9.17) is 0 Å². The molecule has 2 aromatic carbocycles. The van der Waals surface area contributed by atoms with Gasteiger partial charge in [-0.2, -0.15) is 0 Å². The fourth-order valence-electron chi connectivity index (χ4n) is 3.28. The Bertz CT molecular complexity index is 579. The Labute approximate surface area is 145 Å². The highest BCUT2D eigenvalue weighted by Gasteiger charge is 2.42. The van der Waals surface area contributed by atoms with Crippen molar-refractivity contribution in [1.82, 2.24) is 0 Å². The zero-order chi connectivity index (χ0) is 15.8. The minimum absolute atomic E-state index is 0.581. The van der Waals surface area contributed by atoms with E-state index in [0.717, 1.165) is 14.7 Å². The third-order valence-corrected chi connectivity index (χ3v) is 5.59. The Morgan fingerprint density at radius 3 is 1.50 bits per heavy atom. The normalized spacial score (nSPS) is 28.5. The summed E-state index contributed by atoms with van der Waals surface area (Å²) in [6, 6.07) is 16.1. The van der Waals surface area contributed by atoms with E-state index >= 15 is 0 Å². The summed E-state index contributed by atoms with van der Waals surface area (Å²) in [5.74, 6) is 0. The van der Waals surface area contributed by atoms with Crippen molar-refractivity contribution in [3.05, 3.63) is 68.8 Å². The van der Waals surface area contributed by atoms with E-state index in [9.17, 15) is 10.2 Å². The summed E-state index contributed by atoms with van der Waals surface area (Å²) in [6.45, 7) is 2.05. The number of aliphatic hydroxyl groups is 2. The smallest absolute Gasteiger partial charge is 0.0899 e. The van der Waals surface area contributed by atoms with Crippen molar-refractivity contribution in [3.8, 4) is 0 Å². The topological polar surface area (TPSA) is 40.5 Å². The summed E-state index contributed by atoms with van der Waals surface area (Å²) in [5, 5.41) is 21.9. The maximum Gasteiger partial charge on any atom is 0.0899 e. The molecule has 1 saturated carbocycles. The van der Waals surface area contributed by atoms with E-state index in [1.165, 1.54) is 5.56 Å². The van der Waals surface area contributed by atoms with Crippen molar-refractivity contribution in [2.75, 3.05) is 0 Å². The number of aryl methyl sites for hydroxylation is 1. The summed E-state index contributed by atoms with van der Waals surface area (Å²) < 4.78 is 1.16. The molecule has 2 aromatic rings. The van der Waals surface area contributed by atoms with Crippen molar-refractivity contribution < 1.29 is 10.2 Å². The molecule has 0 saturated heterocycles. The van der Waals surface area contributed by atoms with Crippen LogP contribution in [-0.4, -0.2) is 10.2 Å². The van der Waals surface area contributed by atoms with Gasteiger partial charge in [0.1, 0.15) is 0 Å². The molecule has 116 valence electrons. The van der Waals surface area contributed by atoms with Crippen molar-refractivity contribution in [3.63, 3.8) is 0 Å². The van der Waals surface area contributed by atoms with Gasteiger partial charge in [-0.1, -0.05) is 42.0 Å². The zero-order valence-corrected chi connectivity index (χ0v) is 14.9. The fourth-order valence-corrected chi connectivity index (χ4v) is 3.64. The molecular weight excluding hydrogens is 387 g/mol. The third-order valence-electron chi connectivity index (χ3n) is 4.87. The SMILES string of the molecule is Cc1ccc(C2(O)CCC(O)(c3ccc(I)cc3)CC2)cc1. The van der Waals surface area contributed by atoms with Crippen LogP contribution in [0.4, 0.5) is 0 Å². The van der Waals surface area contributed by atoms with Crippen LogP contribution >= 0.6 is 22.6 Å². The first-order chi connectivity index (χ1) is 10.4. The van der Waals surface area contributed by atoms with E-state index in [2.05, 4.69) is 22.6 Å². The van der Waals surface area contributed by atoms with Crippen LogP contribution in [0, 0.1) is 10.5 Å². The first kappa shape index (κ1) is 16.0. The third kappa shape index (κ3) is 3.07. The number of rotatable bonds is 2. The van der Waals surface area contributed by atoms with Crippen LogP contribution in [-0.2, 0) is 11.2 Å². The molecule has 0 radical (unpaired) electrons. The molecule has 1 aliphatic rings. The molecule has 0 amide bonds. The zero-order valence-electron chi connectivity index (χ0n) is 12.7. The molecule has 3 rings (SSSR count). The first-order valence-electron chi connectivity index (χ1n) is 7.69. The van der Waals surface area contributed by atoms with E-state index < -0.39 is 11.2 Å². The van der Waals surface area contributed by atoms with Gasteiger partial charge in [-0.15, -0.1) is 0 Å². The van der Waals surface area contributed by atoms with Crippen LogP contribution in [0.2, 0.25) is 0 Å². The molecule has 0 aromatic heterocycles. The Hall–Kier alpha value is -0.910. The first-order valence-corrected chi connectivity index (χ1v) is 8.77. The second kappa shape index (κ2) is 5.95. The molecular formula is C19H21IO2. The van der Waals surface area contributed by atoms with E-state index in [1.54, 1.807) is 0 Å².